The fourth-order valence-corrected chi connectivity index (χ4v) is 3.39. The Bertz CT molecular complexity index is 555. The van der Waals surface area contributed by atoms with E-state index in [1.807, 2.05) is 6.92 Å². The first-order chi connectivity index (χ1) is 10.6. The molecule has 1 aromatic heterocycles. The standard InChI is InChI=1S/C15H23N3O3S/c1-10(14(20)16-11-6-4-3-5-7-11)22-15-17-12(9-21-2)8-13(19)18-15/h8,10-11H,3-7,9H2,1-2H3,(H,16,20)(H,17,18,19). The maximum atomic E-state index is 12.2. The number of carbonyl (C=O) groups is 1. The molecule has 1 aliphatic carbocycles. The van der Waals surface area contributed by atoms with Crippen LogP contribution in [0.15, 0.2) is 16.0 Å². The van der Waals surface area contributed by atoms with Crippen LogP contribution in [0.5, 0.6) is 0 Å². The molecule has 1 amide bonds. The summed E-state index contributed by atoms with van der Waals surface area (Å²) in [5.74, 6) is -0.00306. The van der Waals surface area contributed by atoms with Gasteiger partial charge in [-0.2, -0.15) is 0 Å². The average molecular weight is 325 g/mol. The quantitative estimate of drug-likeness (QED) is 0.616. The van der Waals surface area contributed by atoms with Gasteiger partial charge in [0.05, 0.1) is 17.6 Å². The van der Waals surface area contributed by atoms with E-state index in [1.54, 1.807) is 7.11 Å². The van der Waals surface area contributed by atoms with Crippen LogP contribution in [0.1, 0.15) is 44.7 Å². The van der Waals surface area contributed by atoms with Gasteiger partial charge in [0.2, 0.25) is 5.91 Å². The van der Waals surface area contributed by atoms with Crippen molar-refractivity contribution in [3.8, 4) is 0 Å². The van der Waals surface area contributed by atoms with Crippen LogP contribution < -0.4 is 10.9 Å². The van der Waals surface area contributed by atoms with Crippen molar-refractivity contribution in [2.45, 2.75) is 62.1 Å². The number of rotatable bonds is 6. The van der Waals surface area contributed by atoms with Crippen molar-refractivity contribution in [3.63, 3.8) is 0 Å². The summed E-state index contributed by atoms with van der Waals surface area (Å²) >= 11 is 1.26. The summed E-state index contributed by atoms with van der Waals surface area (Å²) in [7, 11) is 1.55. The third kappa shape index (κ3) is 5.14. The van der Waals surface area contributed by atoms with E-state index in [9.17, 15) is 9.59 Å². The third-order valence-electron chi connectivity index (χ3n) is 3.67. The smallest absolute Gasteiger partial charge is 0.251 e. The summed E-state index contributed by atoms with van der Waals surface area (Å²) in [6, 6.07) is 1.69. The highest BCUT2D eigenvalue weighted by Gasteiger charge is 2.21. The minimum Gasteiger partial charge on any atom is -0.378 e. The number of hydrogen-bond donors (Lipinski definition) is 2. The number of H-pyrrole nitrogens is 1. The van der Waals surface area contributed by atoms with Gasteiger partial charge in [0.15, 0.2) is 5.16 Å². The number of aromatic amines is 1. The van der Waals surface area contributed by atoms with E-state index in [0.717, 1.165) is 12.8 Å². The number of methoxy groups -OCH3 is 1. The van der Waals surface area contributed by atoms with Crippen LogP contribution in [0.3, 0.4) is 0 Å². The highest BCUT2D eigenvalue weighted by molar-refractivity contribution is 8.00. The number of ether oxygens (including phenoxy) is 1. The number of nitrogens with zero attached hydrogens (tertiary/aromatic N) is 1. The normalized spacial score (nSPS) is 17.2. The molecule has 0 aromatic carbocycles. The lowest BCUT2D eigenvalue weighted by Crippen LogP contribution is -2.40. The Balaban J connectivity index is 1.94. The summed E-state index contributed by atoms with van der Waals surface area (Å²) in [5.41, 5.74) is 0.332. The molecule has 6 nitrogen and oxygen atoms in total. The number of carbonyl (C=O) groups excluding carboxylic acids is 1. The van der Waals surface area contributed by atoms with Crippen molar-refractivity contribution < 1.29 is 9.53 Å². The van der Waals surface area contributed by atoms with Crippen LogP contribution in [0.25, 0.3) is 0 Å². The summed E-state index contributed by atoms with van der Waals surface area (Å²) in [4.78, 5) is 30.8. The van der Waals surface area contributed by atoms with Crippen LogP contribution in [-0.2, 0) is 16.1 Å². The second-order valence-corrected chi connectivity index (χ2v) is 6.91. The van der Waals surface area contributed by atoms with Crippen LogP contribution >= 0.6 is 11.8 Å². The van der Waals surface area contributed by atoms with Crippen LogP contribution in [0, 0.1) is 0 Å². The van der Waals surface area contributed by atoms with E-state index in [0.29, 0.717) is 10.9 Å². The number of nitrogens with one attached hydrogen (secondary N) is 2. The lowest BCUT2D eigenvalue weighted by Gasteiger charge is -2.24. The monoisotopic (exact) mass is 325 g/mol. The molecule has 7 heteroatoms. The number of aromatic nitrogens is 2. The fourth-order valence-electron chi connectivity index (χ4n) is 2.55. The summed E-state index contributed by atoms with van der Waals surface area (Å²) in [5, 5.41) is 3.24. The topological polar surface area (TPSA) is 84.1 Å². The highest BCUT2D eigenvalue weighted by Crippen LogP contribution is 2.21. The molecule has 1 heterocycles. The average Bonchev–Trinajstić information content (AvgIpc) is 2.48. The second-order valence-electron chi connectivity index (χ2n) is 5.58. The Labute approximate surface area is 134 Å². The third-order valence-corrected chi connectivity index (χ3v) is 4.66. The first-order valence-electron chi connectivity index (χ1n) is 7.64. The second kappa shape index (κ2) is 8.33. The summed E-state index contributed by atoms with van der Waals surface area (Å²) in [6.07, 6.45) is 5.73. The fraction of sp³-hybridized carbons (Fsp3) is 0.667. The maximum absolute atomic E-state index is 12.2. The van der Waals surface area contributed by atoms with Crippen molar-refractivity contribution >= 4 is 17.7 Å². The van der Waals surface area contributed by atoms with Crippen molar-refractivity contribution in [1.82, 2.24) is 15.3 Å². The molecule has 22 heavy (non-hydrogen) atoms. The Morgan fingerprint density at radius 1 is 1.50 bits per heavy atom. The lowest BCUT2D eigenvalue weighted by atomic mass is 9.95. The Morgan fingerprint density at radius 3 is 2.91 bits per heavy atom. The van der Waals surface area contributed by atoms with Gasteiger partial charge in [-0.15, -0.1) is 0 Å². The van der Waals surface area contributed by atoms with Crippen molar-refractivity contribution in [2.24, 2.45) is 0 Å². The summed E-state index contributed by atoms with van der Waals surface area (Å²) < 4.78 is 4.99. The van der Waals surface area contributed by atoms with Gasteiger partial charge in [-0.25, -0.2) is 4.98 Å². The SMILES string of the molecule is COCc1cc(=O)[nH]c(SC(C)C(=O)NC2CCCCC2)n1. The van der Waals surface area contributed by atoms with E-state index in [-0.39, 0.29) is 29.4 Å². The largest absolute Gasteiger partial charge is 0.378 e. The first-order valence-corrected chi connectivity index (χ1v) is 8.52. The molecule has 1 aliphatic rings. The van der Waals surface area contributed by atoms with Gasteiger partial charge in [-0.1, -0.05) is 31.0 Å². The summed E-state index contributed by atoms with van der Waals surface area (Å²) in [6.45, 7) is 2.10. The van der Waals surface area contributed by atoms with Gasteiger partial charge in [-0.3, -0.25) is 9.59 Å². The molecule has 1 fully saturated rings. The molecule has 0 saturated heterocycles. The van der Waals surface area contributed by atoms with Crippen molar-refractivity contribution in [2.75, 3.05) is 7.11 Å². The van der Waals surface area contributed by atoms with E-state index in [2.05, 4.69) is 15.3 Å². The molecular weight excluding hydrogens is 302 g/mol. The van der Waals surface area contributed by atoms with E-state index < -0.39 is 0 Å². The van der Waals surface area contributed by atoms with E-state index in [4.69, 9.17) is 4.74 Å². The van der Waals surface area contributed by atoms with Crippen LogP contribution in [0.2, 0.25) is 0 Å². The van der Waals surface area contributed by atoms with Crippen LogP contribution in [-0.4, -0.2) is 34.3 Å². The highest BCUT2D eigenvalue weighted by atomic mass is 32.2. The van der Waals surface area contributed by atoms with E-state index >= 15 is 0 Å². The zero-order valence-electron chi connectivity index (χ0n) is 13.1. The molecule has 0 radical (unpaired) electrons. The molecule has 1 saturated carbocycles. The maximum Gasteiger partial charge on any atom is 0.251 e. The predicted octanol–water partition coefficient (Wildman–Crippen LogP) is 1.85. The molecule has 0 bridgehead atoms. The van der Waals surface area contributed by atoms with Gasteiger partial charge in [0, 0.05) is 19.2 Å². The minimum atomic E-state index is -0.303. The number of hydrogen-bond acceptors (Lipinski definition) is 5. The van der Waals surface area contributed by atoms with Crippen LogP contribution in [0.4, 0.5) is 0 Å². The van der Waals surface area contributed by atoms with Gasteiger partial charge in [0.25, 0.3) is 5.56 Å². The molecule has 2 rings (SSSR count). The van der Waals surface area contributed by atoms with Crippen molar-refractivity contribution in [1.29, 1.82) is 0 Å². The van der Waals surface area contributed by atoms with Gasteiger partial charge < -0.3 is 15.0 Å². The Hall–Kier alpha value is -1.34. The molecule has 1 atom stereocenters. The molecule has 2 N–H and O–H groups in total. The van der Waals surface area contributed by atoms with Gasteiger partial charge >= 0.3 is 0 Å². The lowest BCUT2D eigenvalue weighted by molar-refractivity contribution is -0.121. The van der Waals surface area contributed by atoms with E-state index in [1.165, 1.54) is 37.1 Å². The molecule has 0 spiro atoms. The number of thioether (sulfide) groups is 1. The number of amides is 1. The molecule has 122 valence electrons. The van der Waals surface area contributed by atoms with Crippen molar-refractivity contribution in [3.05, 3.63) is 22.1 Å². The molecular formula is C15H23N3O3S. The van der Waals surface area contributed by atoms with Gasteiger partial charge in [-0.05, 0) is 19.8 Å². The zero-order valence-corrected chi connectivity index (χ0v) is 13.9. The minimum absolute atomic E-state index is 0.00306. The molecule has 1 aromatic rings. The Kier molecular flexibility index (Phi) is 6.45. The first kappa shape index (κ1) is 17.0. The Morgan fingerprint density at radius 2 is 2.23 bits per heavy atom. The predicted molar refractivity (Wildman–Crippen MR) is 85.9 cm³/mol. The van der Waals surface area contributed by atoms with Gasteiger partial charge in [0.1, 0.15) is 0 Å². The zero-order chi connectivity index (χ0) is 15.9. The molecule has 1 unspecified atom stereocenters. The molecule has 0 aliphatic heterocycles.